The van der Waals surface area contributed by atoms with Crippen LogP contribution in [0.2, 0.25) is 0 Å². The number of ether oxygens (including phenoxy) is 1. The Morgan fingerprint density at radius 3 is 2.88 bits per heavy atom. The Labute approximate surface area is 147 Å². The van der Waals surface area contributed by atoms with Crippen molar-refractivity contribution in [2.24, 2.45) is 13.0 Å². The van der Waals surface area contributed by atoms with E-state index in [2.05, 4.69) is 9.80 Å². The van der Waals surface area contributed by atoms with Crippen molar-refractivity contribution in [2.75, 3.05) is 26.7 Å². The highest BCUT2D eigenvalue weighted by molar-refractivity contribution is 5.93. The molecular weight excluding hydrogens is 318 g/mol. The molecule has 6 nitrogen and oxygen atoms in total. The van der Waals surface area contributed by atoms with E-state index in [9.17, 15) is 4.79 Å². The highest BCUT2D eigenvalue weighted by atomic mass is 16.5. The van der Waals surface area contributed by atoms with Crippen LogP contribution in [0.5, 0.6) is 0 Å². The second kappa shape index (κ2) is 6.69. The molecule has 2 aliphatic rings. The number of carbonyl (C=O) groups is 1. The average Bonchev–Trinajstić information content (AvgIpc) is 3.34. The smallest absolute Gasteiger partial charge is 0.270 e. The van der Waals surface area contributed by atoms with Gasteiger partial charge >= 0.3 is 0 Å². The molecular formula is C19H25N3O3. The molecule has 0 N–H and O–H groups in total. The van der Waals surface area contributed by atoms with Crippen molar-refractivity contribution < 1.29 is 13.9 Å². The third-order valence-electron chi connectivity index (χ3n) is 5.63. The monoisotopic (exact) mass is 343 g/mol. The molecule has 0 aromatic carbocycles. The van der Waals surface area contributed by atoms with E-state index in [1.807, 2.05) is 42.1 Å². The van der Waals surface area contributed by atoms with Gasteiger partial charge in [-0.1, -0.05) is 0 Å². The van der Waals surface area contributed by atoms with Crippen molar-refractivity contribution in [3.05, 3.63) is 48.2 Å². The highest BCUT2D eigenvalue weighted by Crippen LogP contribution is 2.34. The number of fused-ring (bicyclic) bond motifs is 1. The van der Waals surface area contributed by atoms with Crippen LogP contribution < -0.4 is 0 Å². The molecule has 2 aromatic rings. The SMILES string of the molecule is CO[C@@H]1CCN(C(=O)c2cccn2C)[C@H]2CN(Cc3ccco3)C[C@@H]12. The van der Waals surface area contributed by atoms with E-state index in [1.54, 1.807) is 13.4 Å². The standard InChI is InChI=1S/C19H25N3O3/c1-20-8-3-6-16(20)19(23)22-9-7-18(24-2)15-12-21(13-17(15)22)11-14-5-4-10-25-14/h3-6,8,10,15,17-18H,7,9,11-13H2,1-2H3/t15-,17+,18-/m1/s1. The Kier molecular flexibility index (Phi) is 4.39. The summed E-state index contributed by atoms with van der Waals surface area (Å²) in [5, 5.41) is 0. The topological polar surface area (TPSA) is 50.9 Å². The summed E-state index contributed by atoms with van der Waals surface area (Å²) in [5.74, 6) is 1.43. The number of aromatic nitrogens is 1. The normalized spacial score (nSPS) is 26.8. The van der Waals surface area contributed by atoms with Gasteiger partial charge in [0.2, 0.25) is 0 Å². The van der Waals surface area contributed by atoms with Crippen LogP contribution in [-0.4, -0.2) is 59.2 Å². The number of piperidine rings is 1. The minimum atomic E-state index is 0.122. The fourth-order valence-corrected chi connectivity index (χ4v) is 4.36. The third kappa shape index (κ3) is 3.00. The van der Waals surface area contributed by atoms with Crippen LogP contribution >= 0.6 is 0 Å². The number of furan rings is 1. The van der Waals surface area contributed by atoms with Crippen molar-refractivity contribution in [3.63, 3.8) is 0 Å². The first-order valence-corrected chi connectivity index (χ1v) is 8.87. The fraction of sp³-hybridized carbons (Fsp3) is 0.526. The van der Waals surface area contributed by atoms with Crippen molar-refractivity contribution in [2.45, 2.75) is 25.1 Å². The Hall–Kier alpha value is -2.05. The van der Waals surface area contributed by atoms with E-state index in [4.69, 9.17) is 9.15 Å². The molecule has 0 aliphatic carbocycles. The van der Waals surface area contributed by atoms with Crippen LogP contribution in [0.1, 0.15) is 22.7 Å². The Balaban J connectivity index is 1.54. The van der Waals surface area contributed by atoms with Gasteiger partial charge in [-0.25, -0.2) is 0 Å². The first-order chi connectivity index (χ1) is 12.2. The summed E-state index contributed by atoms with van der Waals surface area (Å²) in [5.41, 5.74) is 0.749. The average molecular weight is 343 g/mol. The lowest BCUT2D eigenvalue weighted by molar-refractivity contribution is -0.0160. The number of hydrogen-bond acceptors (Lipinski definition) is 4. The Bertz CT molecular complexity index is 724. The molecule has 2 saturated heterocycles. The van der Waals surface area contributed by atoms with E-state index in [0.717, 1.165) is 44.1 Å². The van der Waals surface area contributed by atoms with Crippen LogP contribution in [-0.2, 0) is 18.3 Å². The maximum Gasteiger partial charge on any atom is 0.270 e. The van der Waals surface area contributed by atoms with Gasteiger partial charge in [0.25, 0.3) is 5.91 Å². The maximum absolute atomic E-state index is 13.1. The van der Waals surface area contributed by atoms with E-state index in [0.29, 0.717) is 5.92 Å². The predicted octanol–water partition coefficient (Wildman–Crippen LogP) is 1.98. The molecule has 6 heteroatoms. The largest absolute Gasteiger partial charge is 0.468 e. The van der Waals surface area contributed by atoms with Gasteiger partial charge in [-0.2, -0.15) is 0 Å². The lowest BCUT2D eigenvalue weighted by Crippen LogP contribution is -2.53. The van der Waals surface area contributed by atoms with Crippen molar-refractivity contribution in [3.8, 4) is 0 Å². The lowest BCUT2D eigenvalue weighted by atomic mass is 9.88. The molecule has 4 heterocycles. The van der Waals surface area contributed by atoms with Crippen molar-refractivity contribution >= 4 is 5.91 Å². The van der Waals surface area contributed by atoms with Crippen LogP contribution in [0.25, 0.3) is 0 Å². The molecule has 0 radical (unpaired) electrons. The molecule has 1 amide bonds. The van der Waals surface area contributed by atoms with E-state index < -0.39 is 0 Å². The van der Waals surface area contributed by atoms with E-state index in [-0.39, 0.29) is 18.1 Å². The van der Waals surface area contributed by atoms with Gasteiger partial charge in [-0.05, 0) is 30.7 Å². The molecule has 25 heavy (non-hydrogen) atoms. The Morgan fingerprint density at radius 2 is 2.20 bits per heavy atom. The summed E-state index contributed by atoms with van der Waals surface area (Å²) in [7, 11) is 3.70. The van der Waals surface area contributed by atoms with Gasteiger partial charge in [0.1, 0.15) is 11.5 Å². The van der Waals surface area contributed by atoms with Gasteiger partial charge in [0, 0.05) is 45.9 Å². The number of carbonyl (C=O) groups excluding carboxylic acids is 1. The van der Waals surface area contributed by atoms with Gasteiger partial charge in [0.05, 0.1) is 25.0 Å². The third-order valence-corrected chi connectivity index (χ3v) is 5.63. The summed E-state index contributed by atoms with van der Waals surface area (Å²) >= 11 is 0. The molecule has 0 saturated carbocycles. The first-order valence-electron chi connectivity index (χ1n) is 8.87. The van der Waals surface area contributed by atoms with Gasteiger partial charge < -0.3 is 18.6 Å². The minimum absolute atomic E-state index is 0.122. The predicted molar refractivity (Wildman–Crippen MR) is 93.1 cm³/mol. The summed E-state index contributed by atoms with van der Waals surface area (Å²) in [6, 6.07) is 7.93. The van der Waals surface area contributed by atoms with Crippen molar-refractivity contribution in [1.29, 1.82) is 0 Å². The minimum Gasteiger partial charge on any atom is -0.468 e. The molecule has 2 aromatic heterocycles. The number of rotatable bonds is 4. The van der Waals surface area contributed by atoms with Gasteiger partial charge in [-0.15, -0.1) is 0 Å². The number of hydrogen-bond donors (Lipinski definition) is 0. The van der Waals surface area contributed by atoms with Crippen LogP contribution in [0.4, 0.5) is 0 Å². The van der Waals surface area contributed by atoms with Gasteiger partial charge in [-0.3, -0.25) is 9.69 Å². The molecule has 0 spiro atoms. The lowest BCUT2D eigenvalue weighted by Gasteiger charge is -2.41. The summed E-state index contributed by atoms with van der Waals surface area (Å²) in [6.45, 7) is 3.32. The van der Waals surface area contributed by atoms with Crippen molar-refractivity contribution in [1.82, 2.24) is 14.4 Å². The molecule has 3 atom stereocenters. The van der Waals surface area contributed by atoms with Crippen LogP contribution in [0.15, 0.2) is 41.1 Å². The molecule has 134 valence electrons. The second-order valence-electron chi connectivity index (χ2n) is 7.07. The number of amides is 1. The van der Waals surface area contributed by atoms with Crippen LogP contribution in [0, 0.1) is 5.92 Å². The molecule has 2 fully saturated rings. The van der Waals surface area contributed by atoms with E-state index in [1.165, 1.54) is 0 Å². The van der Waals surface area contributed by atoms with E-state index >= 15 is 0 Å². The quantitative estimate of drug-likeness (QED) is 0.852. The zero-order valence-corrected chi connectivity index (χ0v) is 14.8. The maximum atomic E-state index is 13.1. The number of methoxy groups -OCH3 is 1. The first kappa shape index (κ1) is 16.4. The summed E-state index contributed by atoms with van der Waals surface area (Å²) in [6.07, 6.45) is 4.73. The Morgan fingerprint density at radius 1 is 1.32 bits per heavy atom. The number of likely N-dealkylation sites (tertiary alicyclic amines) is 2. The highest BCUT2D eigenvalue weighted by Gasteiger charge is 2.46. The van der Waals surface area contributed by atoms with Crippen LogP contribution in [0.3, 0.4) is 0 Å². The summed E-state index contributed by atoms with van der Waals surface area (Å²) < 4.78 is 13.1. The second-order valence-corrected chi connectivity index (χ2v) is 7.07. The zero-order valence-electron chi connectivity index (χ0n) is 14.8. The number of aryl methyl sites for hydroxylation is 1. The molecule has 0 unspecified atom stereocenters. The molecule has 0 bridgehead atoms. The van der Waals surface area contributed by atoms with Gasteiger partial charge in [0.15, 0.2) is 0 Å². The molecule has 4 rings (SSSR count). The summed E-state index contributed by atoms with van der Waals surface area (Å²) in [4.78, 5) is 17.5. The zero-order chi connectivity index (χ0) is 17.4. The fourth-order valence-electron chi connectivity index (χ4n) is 4.36. The number of nitrogens with zero attached hydrogens (tertiary/aromatic N) is 3. The molecule has 2 aliphatic heterocycles.